The van der Waals surface area contributed by atoms with Crippen molar-refractivity contribution < 1.29 is 9.94 Å². The van der Waals surface area contributed by atoms with Crippen LogP contribution in [0.4, 0.5) is 11.5 Å². The molecule has 2 rings (SSSR count). The molecule has 0 aliphatic rings. The van der Waals surface area contributed by atoms with Crippen molar-refractivity contribution in [1.82, 2.24) is 9.97 Å². The van der Waals surface area contributed by atoms with E-state index in [1.807, 2.05) is 36.2 Å². The minimum atomic E-state index is -0.0796. The zero-order chi connectivity index (χ0) is 14.5. The molecule has 0 spiro atoms. The molecule has 1 aromatic carbocycles. The summed E-state index contributed by atoms with van der Waals surface area (Å²) in [5, 5.41) is 11.5. The molecule has 20 heavy (non-hydrogen) atoms. The predicted octanol–water partition coefficient (Wildman–Crippen LogP) is 1.35. The molecule has 0 aliphatic heterocycles. The zero-order valence-electron chi connectivity index (χ0n) is 11.2. The molecule has 3 N–H and O–H groups in total. The molecule has 0 radical (unpaired) electrons. The number of rotatable bonds is 4. The second-order valence-corrected chi connectivity index (χ2v) is 3.98. The molecular weight excluding hydrogens is 258 g/mol. The average molecular weight is 273 g/mol. The van der Waals surface area contributed by atoms with Crippen LogP contribution < -0.4 is 15.4 Å². The lowest BCUT2D eigenvalue weighted by Crippen LogP contribution is -2.17. The lowest BCUT2D eigenvalue weighted by atomic mass is 10.2. The molecule has 0 saturated carbocycles. The first-order chi connectivity index (χ1) is 9.67. The number of methoxy groups -OCH3 is 1. The van der Waals surface area contributed by atoms with Gasteiger partial charge in [0.25, 0.3) is 0 Å². The third-order valence-electron chi connectivity index (χ3n) is 2.80. The number of amidine groups is 1. The molecule has 7 heteroatoms. The highest BCUT2D eigenvalue weighted by atomic mass is 16.5. The topological polar surface area (TPSA) is 96.9 Å². The summed E-state index contributed by atoms with van der Waals surface area (Å²) in [6, 6.07) is 7.58. The van der Waals surface area contributed by atoms with Crippen LogP contribution in [-0.2, 0) is 0 Å². The van der Waals surface area contributed by atoms with Crippen molar-refractivity contribution in [3.63, 3.8) is 0 Å². The molecule has 0 amide bonds. The SMILES string of the molecule is COc1ccccc1N(C)c1cnc(C(N)=NO)cn1. The van der Waals surface area contributed by atoms with E-state index in [9.17, 15) is 0 Å². The summed E-state index contributed by atoms with van der Waals surface area (Å²) in [6.07, 6.45) is 2.98. The van der Waals surface area contributed by atoms with Gasteiger partial charge in [-0.05, 0) is 12.1 Å². The normalized spacial score (nSPS) is 11.2. The molecule has 0 atom stereocenters. The number of hydrogen-bond acceptors (Lipinski definition) is 6. The summed E-state index contributed by atoms with van der Waals surface area (Å²) in [4.78, 5) is 10.2. The van der Waals surface area contributed by atoms with E-state index >= 15 is 0 Å². The van der Waals surface area contributed by atoms with Gasteiger partial charge < -0.3 is 20.6 Å². The lowest BCUT2D eigenvalue weighted by Gasteiger charge is -2.20. The molecular formula is C13H15N5O2. The van der Waals surface area contributed by atoms with E-state index in [0.29, 0.717) is 11.5 Å². The van der Waals surface area contributed by atoms with Crippen LogP contribution in [0.2, 0.25) is 0 Å². The fraction of sp³-hybridized carbons (Fsp3) is 0.154. The minimum absolute atomic E-state index is 0.0796. The molecule has 7 nitrogen and oxygen atoms in total. The summed E-state index contributed by atoms with van der Waals surface area (Å²) in [5.41, 5.74) is 6.61. The van der Waals surface area contributed by atoms with E-state index in [0.717, 1.165) is 11.4 Å². The number of hydrogen-bond donors (Lipinski definition) is 2. The van der Waals surface area contributed by atoms with Gasteiger partial charge in [0.1, 0.15) is 11.4 Å². The first kappa shape index (κ1) is 13.6. The van der Waals surface area contributed by atoms with Gasteiger partial charge in [0.2, 0.25) is 0 Å². The van der Waals surface area contributed by atoms with E-state index in [4.69, 9.17) is 15.7 Å². The van der Waals surface area contributed by atoms with E-state index in [2.05, 4.69) is 15.1 Å². The quantitative estimate of drug-likeness (QED) is 0.378. The van der Waals surface area contributed by atoms with Gasteiger partial charge in [-0.15, -0.1) is 0 Å². The van der Waals surface area contributed by atoms with Crippen LogP contribution >= 0.6 is 0 Å². The predicted molar refractivity (Wildman–Crippen MR) is 75.6 cm³/mol. The Morgan fingerprint density at radius 2 is 2.05 bits per heavy atom. The minimum Gasteiger partial charge on any atom is -0.495 e. The van der Waals surface area contributed by atoms with E-state index in [1.165, 1.54) is 6.20 Å². The van der Waals surface area contributed by atoms with Crippen LogP contribution in [0.1, 0.15) is 5.69 Å². The van der Waals surface area contributed by atoms with Crippen LogP contribution in [0.15, 0.2) is 41.8 Å². The number of aromatic nitrogens is 2. The number of oxime groups is 1. The fourth-order valence-corrected chi connectivity index (χ4v) is 1.71. The number of ether oxygens (including phenoxy) is 1. The summed E-state index contributed by atoms with van der Waals surface area (Å²) < 4.78 is 5.31. The van der Waals surface area contributed by atoms with Gasteiger partial charge in [-0.2, -0.15) is 0 Å². The maximum Gasteiger partial charge on any atom is 0.190 e. The highest BCUT2D eigenvalue weighted by Gasteiger charge is 2.11. The van der Waals surface area contributed by atoms with E-state index in [-0.39, 0.29) is 5.84 Å². The van der Waals surface area contributed by atoms with Crippen LogP contribution in [0.5, 0.6) is 5.75 Å². The Morgan fingerprint density at radius 3 is 2.65 bits per heavy atom. The molecule has 104 valence electrons. The fourth-order valence-electron chi connectivity index (χ4n) is 1.71. The first-order valence-electron chi connectivity index (χ1n) is 5.84. The van der Waals surface area contributed by atoms with Crippen LogP contribution in [-0.4, -0.2) is 35.2 Å². The van der Waals surface area contributed by atoms with E-state index in [1.54, 1.807) is 13.3 Å². The molecule has 1 heterocycles. The van der Waals surface area contributed by atoms with Crippen molar-refractivity contribution in [2.75, 3.05) is 19.1 Å². The Bertz CT molecular complexity index is 612. The Kier molecular flexibility index (Phi) is 3.99. The Balaban J connectivity index is 2.31. The van der Waals surface area contributed by atoms with Gasteiger partial charge in [-0.25, -0.2) is 9.97 Å². The number of para-hydroxylation sites is 2. The molecule has 1 aromatic heterocycles. The molecule has 0 bridgehead atoms. The van der Waals surface area contributed by atoms with Gasteiger partial charge >= 0.3 is 0 Å². The van der Waals surface area contributed by atoms with Crippen molar-refractivity contribution in [2.24, 2.45) is 10.9 Å². The van der Waals surface area contributed by atoms with Crippen molar-refractivity contribution in [3.05, 3.63) is 42.4 Å². The number of nitrogens with zero attached hydrogens (tertiary/aromatic N) is 4. The van der Waals surface area contributed by atoms with Crippen molar-refractivity contribution in [1.29, 1.82) is 0 Å². The van der Waals surface area contributed by atoms with Crippen LogP contribution in [0.25, 0.3) is 0 Å². The van der Waals surface area contributed by atoms with Crippen molar-refractivity contribution in [3.8, 4) is 5.75 Å². The zero-order valence-corrected chi connectivity index (χ0v) is 11.2. The summed E-state index contributed by atoms with van der Waals surface area (Å²) >= 11 is 0. The van der Waals surface area contributed by atoms with Crippen LogP contribution in [0.3, 0.4) is 0 Å². The third kappa shape index (κ3) is 2.61. The second kappa shape index (κ2) is 5.87. The summed E-state index contributed by atoms with van der Waals surface area (Å²) in [7, 11) is 3.46. The molecule has 0 unspecified atom stereocenters. The largest absolute Gasteiger partial charge is 0.495 e. The van der Waals surface area contributed by atoms with Gasteiger partial charge in [0.15, 0.2) is 11.7 Å². The van der Waals surface area contributed by atoms with Gasteiger partial charge in [-0.1, -0.05) is 17.3 Å². The highest BCUT2D eigenvalue weighted by molar-refractivity contribution is 5.94. The molecule has 0 fully saturated rings. The molecule has 2 aromatic rings. The van der Waals surface area contributed by atoms with Crippen LogP contribution in [0, 0.1) is 0 Å². The summed E-state index contributed by atoms with van der Waals surface area (Å²) in [6.45, 7) is 0. The lowest BCUT2D eigenvalue weighted by molar-refractivity contribution is 0.318. The highest BCUT2D eigenvalue weighted by Crippen LogP contribution is 2.30. The number of anilines is 2. The molecule has 0 aliphatic carbocycles. The Morgan fingerprint density at radius 1 is 1.30 bits per heavy atom. The average Bonchev–Trinajstić information content (AvgIpc) is 2.53. The molecule has 0 saturated heterocycles. The second-order valence-electron chi connectivity index (χ2n) is 3.98. The maximum absolute atomic E-state index is 8.58. The van der Waals surface area contributed by atoms with E-state index < -0.39 is 0 Å². The Labute approximate surface area is 116 Å². The monoisotopic (exact) mass is 273 g/mol. The number of benzene rings is 1. The Hall–Kier alpha value is -2.83. The van der Waals surface area contributed by atoms with Gasteiger partial charge in [0.05, 0.1) is 25.2 Å². The van der Waals surface area contributed by atoms with Crippen molar-refractivity contribution >= 4 is 17.3 Å². The number of nitrogens with two attached hydrogens (primary N) is 1. The van der Waals surface area contributed by atoms with Crippen molar-refractivity contribution in [2.45, 2.75) is 0 Å². The smallest absolute Gasteiger partial charge is 0.190 e. The third-order valence-corrected chi connectivity index (χ3v) is 2.80. The van der Waals surface area contributed by atoms with Gasteiger partial charge in [0, 0.05) is 7.05 Å². The maximum atomic E-state index is 8.58. The standard InChI is InChI=1S/C13H15N5O2/c1-18(10-5-3-4-6-11(10)20-2)12-8-15-9(7-16-12)13(14)17-19/h3-8,19H,1-2H3,(H2,14,17). The first-order valence-corrected chi connectivity index (χ1v) is 5.84. The van der Waals surface area contributed by atoms with Gasteiger partial charge in [-0.3, -0.25) is 0 Å². The summed E-state index contributed by atoms with van der Waals surface area (Å²) in [5.74, 6) is 1.27.